The lowest BCUT2D eigenvalue weighted by Crippen LogP contribution is -2.15. The molecule has 0 aliphatic carbocycles. The fraction of sp³-hybridized carbons (Fsp3) is 0.350. The van der Waals surface area contributed by atoms with Gasteiger partial charge in [-0.15, -0.1) is 0 Å². The zero-order chi connectivity index (χ0) is 18.3. The summed E-state index contributed by atoms with van der Waals surface area (Å²) in [5.41, 5.74) is 4.91. The average molecular weight is 372 g/mol. The van der Waals surface area contributed by atoms with Gasteiger partial charge in [0.2, 0.25) is 0 Å². The maximum absolute atomic E-state index is 14.6. The van der Waals surface area contributed by atoms with Crippen molar-refractivity contribution in [2.45, 2.75) is 32.6 Å². The van der Waals surface area contributed by atoms with E-state index in [1.54, 1.807) is 12.1 Å². The van der Waals surface area contributed by atoms with E-state index in [2.05, 4.69) is 9.97 Å². The lowest BCUT2D eigenvalue weighted by Gasteiger charge is -2.22. The molecule has 1 aliphatic heterocycles. The smallest absolute Gasteiger partial charge is 0.179 e. The summed E-state index contributed by atoms with van der Waals surface area (Å²) in [6.07, 6.45) is 1.80. The summed E-state index contributed by atoms with van der Waals surface area (Å²) < 4.78 is 20.1. The number of hydrogen-bond acceptors (Lipinski definition) is 4. The van der Waals surface area contributed by atoms with Crippen LogP contribution in [0.2, 0.25) is 5.02 Å². The van der Waals surface area contributed by atoms with Crippen LogP contribution < -0.4 is 0 Å². The SMILES string of the molecule is Cc1nc2nc(C3CCOCC3)cc(-c3ccc(Cl)cc3F)c2nc1C. The van der Waals surface area contributed by atoms with Crippen LogP contribution in [0.5, 0.6) is 0 Å². The largest absolute Gasteiger partial charge is 0.381 e. The third-order valence-corrected chi connectivity index (χ3v) is 5.17. The van der Waals surface area contributed by atoms with Crippen LogP contribution in [-0.2, 0) is 4.74 Å². The van der Waals surface area contributed by atoms with Crippen molar-refractivity contribution in [3.63, 3.8) is 0 Å². The topological polar surface area (TPSA) is 47.9 Å². The zero-order valence-electron chi connectivity index (χ0n) is 14.7. The van der Waals surface area contributed by atoms with Gasteiger partial charge in [-0.1, -0.05) is 11.6 Å². The Labute approximate surface area is 156 Å². The van der Waals surface area contributed by atoms with Crippen LogP contribution in [0.15, 0.2) is 24.3 Å². The maximum Gasteiger partial charge on any atom is 0.179 e. The Hall–Kier alpha value is -2.11. The van der Waals surface area contributed by atoms with Gasteiger partial charge in [-0.05, 0) is 51.0 Å². The highest BCUT2D eigenvalue weighted by molar-refractivity contribution is 6.30. The summed E-state index contributed by atoms with van der Waals surface area (Å²) in [5, 5.41) is 0.368. The lowest BCUT2D eigenvalue weighted by atomic mass is 9.93. The van der Waals surface area contributed by atoms with Gasteiger partial charge in [0, 0.05) is 41.0 Å². The van der Waals surface area contributed by atoms with Crippen molar-refractivity contribution >= 4 is 22.8 Å². The van der Waals surface area contributed by atoms with Gasteiger partial charge in [-0.25, -0.2) is 19.3 Å². The Bertz CT molecular complexity index is 986. The third-order valence-electron chi connectivity index (χ3n) is 4.93. The van der Waals surface area contributed by atoms with Crippen LogP contribution in [-0.4, -0.2) is 28.2 Å². The van der Waals surface area contributed by atoms with Gasteiger partial charge in [-0.3, -0.25) is 0 Å². The minimum absolute atomic E-state index is 0.283. The second-order valence-corrected chi connectivity index (χ2v) is 7.11. The van der Waals surface area contributed by atoms with Crippen molar-refractivity contribution in [1.29, 1.82) is 0 Å². The van der Waals surface area contributed by atoms with Crippen LogP contribution in [0.3, 0.4) is 0 Å². The average Bonchev–Trinajstić information content (AvgIpc) is 2.63. The minimum Gasteiger partial charge on any atom is -0.381 e. The number of halogens is 2. The molecule has 1 aliphatic rings. The van der Waals surface area contributed by atoms with Crippen molar-refractivity contribution in [3.8, 4) is 11.1 Å². The molecule has 6 heteroatoms. The molecule has 4 nitrogen and oxygen atoms in total. The fourth-order valence-electron chi connectivity index (χ4n) is 3.34. The first kappa shape index (κ1) is 17.3. The highest BCUT2D eigenvalue weighted by Gasteiger charge is 2.21. The molecule has 1 saturated heterocycles. The molecule has 26 heavy (non-hydrogen) atoms. The molecule has 3 aromatic rings. The van der Waals surface area contributed by atoms with Gasteiger partial charge >= 0.3 is 0 Å². The quantitative estimate of drug-likeness (QED) is 0.636. The molecule has 2 aromatic heterocycles. The van der Waals surface area contributed by atoms with E-state index >= 15 is 0 Å². The van der Waals surface area contributed by atoms with Crippen LogP contribution in [0.4, 0.5) is 4.39 Å². The van der Waals surface area contributed by atoms with Gasteiger partial charge in [-0.2, -0.15) is 0 Å². The first-order chi connectivity index (χ1) is 12.5. The molecule has 3 heterocycles. The first-order valence-corrected chi connectivity index (χ1v) is 9.10. The predicted molar refractivity (Wildman–Crippen MR) is 100 cm³/mol. The van der Waals surface area contributed by atoms with Gasteiger partial charge in [0.15, 0.2) is 5.65 Å². The molecule has 134 valence electrons. The standard InChI is InChI=1S/C20H19ClFN3O/c1-11-12(2)24-20-19(23-11)16(15-4-3-14(21)9-17(15)22)10-18(25-20)13-5-7-26-8-6-13/h3-4,9-10,13H,5-8H2,1-2H3. The van der Waals surface area contributed by atoms with E-state index in [1.165, 1.54) is 6.07 Å². The molecule has 0 radical (unpaired) electrons. The van der Waals surface area contributed by atoms with Crippen LogP contribution in [0, 0.1) is 19.7 Å². The Morgan fingerprint density at radius 3 is 2.46 bits per heavy atom. The van der Waals surface area contributed by atoms with Crippen molar-refractivity contribution in [3.05, 3.63) is 52.2 Å². The maximum atomic E-state index is 14.6. The number of aryl methyl sites for hydroxylation is 2. The second kappa shape index (κ2) is 6.89. The van der Waals surface area contributed by atoms with E-state index in [0.717, 1.165) is 29.9 Å². The Morgan fingerprint density at radius 1 is 1.00 bits per heavy atom. The summed E-state index contributed by atoms with van der Waals surface area (Å²) in [7, 11) is 0. The number of benzene rings is 1. The van der Waals surface area contributed by atoms with Gasteiger partial charge < -0.3 is 4.74 Å². The first-order valence-electron chi connectivity index (χ1n) is 8.72. The van der Waals surface area contributed by atoms with E-state index < -0.39 is 0 Å². The highest BCUT2D eigenvalue weighted by Crippen LogP contribution is 2.34. The summed E-state index contributed by atoms with van der Waals surface area (Å²) in [6, 6.07) is 6.66. The number of nitrogens with zero attached hydrogens (tertiary/aromatic N) is 3. The van der Waals surface area contributed by atoms with Crippen LogP contribution in [0.25, 0.3) is 22.3 Å². The second-order valence-electron chi connectivity index (χ2n) is 6.67. The summed E-state index contributed by atoms with van der Waals surface area (Å²) in [5.74, 6) is -0.0892. The molecule has 0 saturated carbocycles. The lowest BCUT2D eigenvalue weighted by molar-refractivity contribution is 0.0845. The number of rotatable bonds is 2. The molecule has 0 bridgehead atoms. The molecular weight excluding hydrogens is 353 g/mol. The molecule has 0 atom stereocenters. The molecular formula is C20H19ClFN3O. The van der Waals surface area contributed by atoms with Crippen molar-refractivity contribution in [1.82, 2.24) is 15.0 Å². The van der Waals surface area contributed by atoms with Crippen molar-refractivity contribution in [2.24, 2.45) is 0 Å². The van der Waals surface area contributed by atoms with E-state index in [4.69, 9.17) is 21.3 Å². The Balaban J connectivity index is 1.97. The molecule has 0 amide bonds. The van der Waals surface area contributed by atoms with Crippen molar-refractivity contribution in [2.75, 3.05) is 13.2 Å². The van der Waals surface area contributed by atoms with Crippen molar-refractivity contribution < 1.29 is 9.13 Å². The van der Waals surface area contributed by atoms with E-state index in [0.29, 0.717) is 40.5 Å². The molecule has 4 rings (SSSR count). The van der Waals surface area contributed by atoms with Gasteiger partial charge in [0.25, 0.3) is 0 Å². The van der Waals surface area contributed by atoms with Crippen LogP contribution >= 0.6 is 11.6 Å². The van der Waals surface area contributed by atoms with Gasteiger partial charge in [0.05, 0.1) is 11.4 Å². The summed E-state index contributed by atoms with van der Waals surface area (Å²) in [6.45, 7) is 5.24. The molecule has 0 unspecified atom stereocenters. The zero-order valence-corrected chi connectivity index (χ0v) is 15.5. The summed E-state index contributed by atoms with van der Waals surface area (Å²) in [4.78, 5) is 14.0. The predicted octanol–water partition coefficient (Wildman–Crippen LogP) is 5.00. The monoisotopic (exact) mass is 371 g/mol. The normalized spacial score (nSPS) is 15.5. The third kappa shape index (κ3) is 3.17. The number of hydrogen-bond donors (Lipinski definition) is 0. The number of fused-ring (bicyclic) bond motifs is 1. The number of ether oxygens (including phenoxy) is 1. The Kier molecular flexibility index (Phi) is 4.59. The fourth-order valence-corrected chi connectivity index (χ4v) is 3.50. The molecule has 1 aromatic carbocycles. The van der Waals surface area contributed by atoms with E-state index in [-0.39, 0.29) is 11.7 Å². The Morgan fingerprint density at radius 2 is 1.73 bits per heavy atom. The van der Waals surface area contributed by atoms with Gasteiger partial charge in [0.1, 0.15) is 11.3 Å². The summed E-state index contributed by atoms with van der Waals surface area (Å²) >= 11 is 5.93. The minimum atomic E-state index is -0.372. The number of pyridine rings is 1. The van der Waals surface area contributed by atoms with E-state index in [9.17, 15) is 4.39 Å². The van der Waals surface area contributed by atoms with E-state index in [1.807, 2.05) is 19.9 Å². The molecule has 1 fully saturated rings. The number of aromatic nitrogens is 3. The molecule has 0 spiro atoms. The molecule has 0 N–H and O–H groups in total. The van der Waals surface area contributed by atoms with Crippen LogP contribution in [0.1, 0.15) is 35.8 Å². The highest BCUT2D eigenvalue weighted by atomic mass is 35.5.